The number of piperidine rings is 1. The molecule has 3 aliphatic rings. The molecule has 2 N–H and O–H groups in total. The Kier molecular flexibility index (Phi) is 10.0. The van der Waals surface area contributed by atoms with Gasteiger partial charge in [-0.3, -0.25) is 4.79 Å². The average molecular weight is 438 g/mol. The van der Waals surface area contributed by atoms with E-state index in [0.717, 1.165) is 26.1 Å². The Morgan fingerprint density at radius 3 is 2.29 bits per heavy atom. The van der Waals surface area contributed by atoms with Crippen molar-refractivity contribution in [2.24, 2.45) is 17.1 Å². The van der Waals surface area contributed by atoms with Gasteiger partial charge in [-0.2, -0.15) is 0 Å². The summed E-state index contributed by atoms with van der Waals surface area (Å²) in [6.45, 7) is 12.2. The number of hydrogen-bond donors (Lipinski definition) is 1. The lowest BCUT2D eigenvalue weighted by Gasteiger charge is -2.59. The SMILES string of the molecule is CCOC1CC(N)(C(=O)N2CCCC(CN3CCCCCC3)C2)C1(C)C.Cl.Cl. The molecule has 7 heteroatoms. The molecule has 3 atom stereocenters. The largest absolute Gasteiger partial charge is 0.378 e. The molecule has 1 saturated carbocycles. The molecule has 0 aromatic rings. The van der Waals surface area contributed by atoms with Crippen molar-refractivity contribution in [3.05, 3.63) is 0 Å². The zero-order valence-electron chi connectivity index (χ0n) is 18.0. The number of hydrogen-bond acceptors (Lipinski definition) is 4. The highest BCUT2D eigenvalue weighted by Crippen LogP contribution is 2.50. The maximum atomic E-state index is 13.3. The van der Waals surface area contributed by atoms with Gasteiger partial charge in [-0.15, -0.1) is 24.8 Å². The number of ether oxygens (including phenoxy) is 1. The Balaban J connectivity index is 0.00000196. The van der Waals surface area contributed by atoms with Crippen LogP contribution in [0.3, 0.4) is 0 Å². The number of likely N-dealkylation sites (tertiary alicyclic amines) is 2. The summed E-state index contributed by atoms with van der Waals surface area (Å²) in [7, 11) is 0. The first-order valence-corrected chi connectivity index (χ1v) is 10.8. The Morgan fingerprint density at radius 1 is 1.07 bits per heavy atom. The first kappa shape index (κ1) is 26.0. The number of carbonyl (C=O) groups excluding carboxylic acids is 1. The second kappa shape index (κ2) is 10.8. The van der Waals surface area contributed by atoms with Gasteiger partial charge in [0.2, 0.25) is 5.91 Å². The van der Waals surface area contributed by atoms with Gasteiger partial charge in [0.1, 0.15) is 5.54 Å². The van der Waals surface area contributed by atoms with Crippen molar-refractivity contribution in [1.82, 2.24) is 9.80 Å². The van der Waals surface area contributed by atoms with Crippen molar-refractivity contribution in [2.75, 3.05) is 39.3 Å². The molecule has 0 aromatic carbocycles. The minimum absolute atomic E-state index is 0. The Labute approximate surface area is 183 Å². The molecule has 0 bridgehead atoms. The van der Waals surface area contributed by atoms with Crippen molar-refractivity contribution in [2.45, 2.75) is 77.4 Å². The molecule has 2 heterocycles. The smallest absolute Gasteiger partial charge is 0.243 e. The van der Waals surface area contributed by atoms with Gasteiger partial charge in [0.05, 0.1) is 6.10 Å². The maximum Gasteiger partial charge on any atom is 0.243 e. The van der Waals surface area contributed by atoms with Crippen molar-refractivity contribution in [3.63, 3.8) is 0 Å². The second-order valence-electron chi connectivity index (χ2n) is 9.32. The van der Waals surface area contributed by atoms with Crippen LogP contribution in [0.1, 0.15) is 65.7 Å². The number of nitrogens with zero attached hydrogens (tertiary/aromatic N) is 2. The Bertz CT molecular complexity index is 498. The lowest BCUT2D eigenvalue weighted by Crippen LogP contribution is -2.76. The summed E-state index contributed by atoms with van der Waals surface area (Å²) >= 11 is 0. The zero-order valence-corrected chi connectivity index (χ0v) is 19.6. The highest BCUT2D eigenvalue weighted by Gasteiger charge is 2.63. The van der Waals surface area contributed by atoms with E-state index in [1.807, 2.05) is 6.92 Å². The van der Waals surface area contributed by atoms with Gasteiger partial charge in [-0.25, -0.2) is 0 Å². The number of carbonyl (C=O) groups is 1. The van der Waals surface area contributed by atoms with Gasteiger partial charge < -0.3 is 20.3 Å². The van der Waals surface area contributed by atoms with Gasteiger partial charge in [0, 0.05) is 38.1 Å². The van der Waals surface area contributed by atoms with Gasteiger partial charge in [-0.05, 0) is 51.6 Å². The van der Waals surface area contributed by atoms with Crippen LogP contribution in [-0.2, 0) is 9.53 Å². The summed E-state index contributed by atoms with van der Waals surface area (Å²) < 4.78 is 5.80. The van der Waals surface area contributed by atoms with Crippen LogP contribution in [0, 0.1) is 11.3 Å². The van der Waals surface area contributed by atoms with Crippen LogP contribution >= 0.6 is 24.8 Å². The van der Waals surface area contributed by atoms with E-state index in [1.165, 1.54) is 45.2 Å². The van der Waals surface area contributed by atoms with E-state index in [0.29, 0.717) is 18.9 Å². The van der Waals surface area contributed by atoms with Crippen LogP contribution in [0.25, 0.3) is 0 Å². The van der Waals surface area contributed by atoms with Gasteiger partial charge in [0.25, 0.3) is 0 Å². The summed E-state index contributed by atoms with van der Waals surface area (Å²) in [6, 6.07) is 0. The first-order valence-electron chi connectivity index (χ1n) is 10.8. The van der Waals surface area contributed by atoms with Crippen LogP contribution in [-0.4, -0.2) is 66.7 Å². The van der Waals surface area contributed by atoms with E-state index in [2.05, 4.69) is 23.6 Å². The first-order chi connectivity index (χ1) is 12.4. The fourth-order valence-electron chi connectivity index (χ4n) is 5.16. The summed E-state index contributed by atoms with van der Waals surface area (Å²) in [4.78, 5) is 18.0. The second-order valence-corrected chi connectivity index (χ2v) is 9.32. The van der Waals surface area contributed by atoms with E-state index in [-0.39, 0.29) is 42.2 Å². The molecular formula is C21H41Cl2N3O2. The van der Waals surface area contributed by atoms with Crippen LogP contribution in [0.2, 0.25) is 0 Å². The predicted octanol–water partition coefficient (Wildman–Crippen LogP) is 3.48. The molecule has 2 aliphatic heterocycles. The topological polar surface area (TPSA) is 58.8 Å². The summed E-state index contributed by atoms with van der Waals surface area (Å²) in [5, 5.41) is 0. The van der Waals surface area contributed by atoms with Crippen molar-refractivity contribution in [3.8, 4) is 0 Å². The number of rotatable bonds is 5. The van der Waals surface area contributed by atoms with Crippen molar-refractivity contribution >= 4 is 30.7 Å². The number of halogens is 2. The molecule has 0 aromatic heterocycles. The quantitative estimate of drug-likeness (QED) is 0.714. The molecule has 1 amide bonds. The van der Waals surface area contributed by atoms with E-state index < -0.39 is 5.54 Å². The Morgan fingerprint density at radius 2 is 1.71 bits per heavy atom. The van der Waals surface area contributed by atoms with Crippen LogP contribution in [0.15, 0.2) is 0 Å². The van der Waals surface area contributed by atoms with E-state index in [9.17, 15) is 4.79 Å². The molecule has 0 spiro atoms. The summed E-state index contributed by atoms with van der Waals surface area (Å²) in [5.74, 6) is 0.749. The molecule has 3 rings (SSSR count). The third-order valence-corrected chi connectivity index (χ3v) is 7.23. The van der Waals surface area contributed by atoms with Crippen LogP contribution in [0.5, 0.6) is 0 Å². The molecule has 1 aliphatic carbocycles. The third-order valence-electron chi connectivity index (χ3n) is 7.23. The van der Waals surface area contributed by atoms with Crippen LogP contribution < -0.4 is 5.73 Å². The minimum Gasteiger partial charge on any atom is -0.378 e. The minimum atomic E-state index is -0.767. The van der Waals surface area contributed by atoms with Gasteiger partial charge in [0.15, 0.2) is 0 Å². The number of amides is 1. The van der Waals surface area contributed by atoms with Crippen molar-refractivity contribution in [1.29, 1.82) is 0 Å². The molecule has 28 heavy (non-hydrogen) atoms. The lowest BCUT2D eigenvalue weighted by atomic mass is 9.54. The van der Waals surface area contributed by atoms with Gasteiger partial charge in [-0.1, -0.05) is 26.7 Å². The third kappa shape index (κ3) is 5.15. The Hall–Kier alpha value is -0.0700. The monoisotopic (exact) mass is 437 g/mol. The van der Waals surface area contributed by atoms with E-state index in [4.69, 9.17) is 10.5 Å². The highest BCUT2D eigenvalue weighted by molar-refractivity contribution is 5.89. The fourth-order valence-corrected chi connectivity index (χ4v) is 5.16. The summed E-state index contributed by atoms with van der Waals surface area (Å²) in [5.41, 5.74) is 5.58. The number of nitrogens with two attached hydrogens (primary N) is 1. The van der Waals surface area contributed by atoms with Gasteiger partial charge >= 0.3 is 0 Å². The van der Waals surface area contributed by atoms with E-state index in [1.54, 1.807) is 0 Å². The fraction of sp³-hybridized carbons (Fsp3) is 0.952. The average Bonchev–Trinajstić information content (AvgIpc) is 2.89. The molecular weight excluding hydrogens is 397 g/mol. The zero-order chi connectivity index (χ0) is 18.8. The predicted molar refractivity (Wildman–Crippen MR) is 119 cm³/mol. The van der Waals surface area contributed by atoms with Crippen LogP contribution in [0.4, 0.5) is 0 Å². The molecule has 3 unspecified atom stereocenters. The summed E-state index contributed by atoms with van der Waals surface area (Å²) in [6.07, 6.45) is 8.50. The molecule has 3 fully saturated rings. The highest BCUT2D eigenvalue weighted by atomic mass is 35.5. The molecule has 5 nitrogen and oxygen atoms in total. The molecule has 0 radical (unpaired) electrons. The molecule has 2 saturated heterocycles. The normalized spacial score (nSPS) is 33.1. The maximum absolute atomic E-state index is 13.3. The molecule has 166 valence electrons. The van der Waals surface area contributed by atoms with Crippen molar-refractivity contribution < 1.29 is 9.53 Å². The standard InChI is InChI=1S/C21H39N3O2.2ClH/c1-4-26-18-14-21(22,20(18,2)3)19(25)24-13-9-10-17(16-24)15-23-11-7-5-6-8-12-23;;/h17-18H,4-16,22H2,1-3H3;2*1H. The lowest BCUT2D eigenvalue weighted by molar-refractivity contribution is -0.180. The van der Waals surface area contributed by atoms with E-state index >= 15 is 0 Å².